The van der Waals surface area contributed by atoms with Crippen molar-refractivity contribution in [1.82, 2.24) is 0 Å². The van der Waals surface area contributed by atoms with Crippen LogP contribution in [0.4, 0.5) is 0 Å². The molecule has 4 aromatic rings. The second-order valence-electron chi connectivity index (χ2n) is 6.10. The van der Waals surface area contributed by atoms with Gasteiger partial charge in [-0.3, -0.25) is 0 Å². The fourth-order valence-corrected chi connectivity index (χ4v) is 3.28. The summed E-state index contributed by atoms with van der Waals surface area (Å²) in [5.74, 6) is 0.326. The van der Waals surface area contributed by atoms with Crippen molar-refractivity contribution in [1.29, 1.82) is 0 Å². The van der Waals surface area contributed by atoms with Crippen molar-refractivity contribution in [2.24, 2.45) is 0 Å². The third-order valence-corrected chi connectivity index (χ3v) is 4.42. The number of fused-ring (bicyclic) bond motifs is 1. The summed E-state index contributed by atoms with van der Waals surface area (Å²) in [5.41, 5.74) is 5.62. The van der Waals surface area contributed by atoms with Crippen molar-refractivity contribution in [3.8, 4) is 28.0 Å². The Labute approximate surface area is 141 Å². The van der Waals surface area contributed by atoms with Crippen LogP contribution in [0.15, 0.2) is 84.9 Å². The lowest BCUT2D eigenvalue weighted by molar-refractivity contribution is 0.482. The monoisotopic (exact) mass is 310 g/mol. The Bertz CT molecular complexity index is 1000. The number of hydrogen-bond acceptors (Lipinski definition) is 1. The van der Waals surface area contributed by atoms with Gasteiger partial charge in [0.05, 0.1) is 0 Å². The summed E-state index contributed by atoms with van der Waals surface area (Å²) in [6.45, 7) is 2.05. The van der Waals surface area contributed by atoms with Gasteiger partial charge in [0.15, 0.2) is 0 Å². The van der Waals surface area contributed by atoms with Gasteiger partial charge in [0, 0.05) is 5.39 Å². The summed E-state index contributed by atoms with van der Waals surface area (Å²) in [4.78, 5) is 0. The molecule has 0 radical (unpaired) electrons. The first-order chi connectivity index (χ1) is 11.7. The van der Waals surface area contributed by atoms with Crippen molar-refractivity contribution < 1.29 is 5.11 Å². The van der Waals surface area contributed by atoms with Crippen LogP contribution in [0.5, 0.6) is 5.75 Å². The largest absolute Gasteiger partial charge is 0.507 e. The zero-order valence-corrected chi connectivity index (χ0v) is 13.5. The molecule has 0 atom stereocenters. The molecule has 0 heterocycles. The van der Waals surface area contributed by atoms with Gasteiger partial charge >= 0.3 is 0 Å². The molecule has 116 valence electrons. The second kappa shape index (κ2) is 5.86. The van der Waals surface area contributed by atoms with Gasteiger partial charge in [-0.1, -0.05) is 78.4 Å². The Morgan fingerprint density at radius 2 is 1.25 bits per heavy atom. The van der Waals surface area contributed by atoms with Crippen LogP contribution in [-0.4, -0.2) is 5.11 Å². The Morgan fingerprint density at radius 3 is 1.92 bits per heavy atom. The van der Waals surface area contributed by atoms with E-state index in [1.165, 1.54) is 0 Å². The molecule has 0 bridgehead atoms. The summed E-state index contributed by atoms with van der Waals surface area (Å²) in [6.07, 6.45) is 0. The molecular weight excluding hydrogens is 292 g/mol. The van der Waals surface area contributed by atoms with E-state index in [0.717, 1.165) is 38.6 Å². The Morgan fingerprint density at radius 1 is 0.625 bits per heavy atom. The molecule has 0 aliphatic heterocycles. The molecule has 0 amide bonds. The maximum absolute atomic E-state index is 10.6. The maximum atomic E-state index is 10.6. The summed E-state index contributed by atoms with van der Waals surface area (Å²) in [5, 5.41) is 12.6. The van der Waals surface area contributed by atoms with E-state index in [9.17, 15) is 5.11 Å². The van der Waals surface area contributed by atoms with Crippen molar-refractivity contribution in [2.45, 2.75) is 6.92 Å². The quantitative estimate of drug-likeness (QED) is 0.468. The van der Waals surface area contributed by atoms with Crippen LogP contribution in [0, 0.1) is 6.92 Å². The predicted molar refractivity (Wildman–Crippen MR) is 101 cm³/mol. The molecular formula is C23H18O. The molecule has 4 rings (SSSR count). The van der Waals surface area contributed by atoms with Crippen LogP contribution in [0.1, 0.15) is 5.56 Å². The van der Waals surface area contributed by atoms with Gasteiger partial charge in [0.25, 0.3) is 0 Å². The molecule has 0 aliphatic rings. The third-order valence-electron chi connectivity index (χ3n) is 4.42. The SMILES string of the molecule is Cc1ccc2c(-c3ccccc3)c(-c3ccccc3)cc(O)c2c1. The minimum atomic E-state index is 0.326. The number of hydrogen-bond donors (Lipinski definition) is 1. The zero-order chi connectivity index (χ0) is 16.5. The van der Waals surface area contributed by atoms with Crippen LogP contribution in [0.2, 0.25) is 0 Å². The molecule has 0 saturated carbocycles. The predicted octanol–water partition coefficient (Wildman–Crippen LogP) is 6.19. The molecule has 0 fully saturated rings. The van der Waals surface area contributed by atoms with E-state index >= 15 is 0 Å². The van der Waals surface area contributed by atoms with Crippen molar-refractivity contribution in [3.05, 3.63) is 90.5 Å². The molecule has 1 N–H and O–H groups in total. The first-order valence-corrected chi connectivity index (χ1v) is 8.11. The first-order valence-electron chi connectivity index (χ1n) is 8.11. The minimum absolute atomic E-state index is 0.326. The summed E-state index contributed by atoms with van der Waals surface area (Å²) in [6, 6.07) is 28.8. The topological polar surface area (TPSA) is 20.2 Å². The van der Waals surface area contributed by atoms with Gasteiger partial charge in [0.2, 0.25) is 0 Å². The molecule has 24 heavy (non-hydrogen) atoms. The smallest absolute Gasteiger partial charge is 0.124 e. The Hall–Kier alpha value is -3.06. The van der Waals surface area contributed by atoms with Gasteiger partial charge in [-0.2, -0.15) is 0 Å². The number of aromatic hydroxyl groups is 1. The molecule has 0 unspecified atom stereocenters. The molecule has 0 aliphatic carbocycles. The van der Waals surface area contributed by atoms with E-state index in [4.69, 9.17) is 0 Å². The molecule has 0 aromatic heterocycles. The summed E-state index contributed by atoms with van der Waals surface area (Å²) in [7, 11) is 0. The lowest BCUT2D eigenvalue weighted by atomic mass is 9.89. The highest BCUT2D eigenvalue weighted by atomic mass is 16.3. The number of phenolic OH excluding ortho intramolecular Hbond substituents is 1. The molecule has 0 spiro atoms. The van der Waals surface area contributed by atoms with E-state index in [-0.39, 0.29) is 0 Å². The molecule has 0 saturated heterocycles. The zero-order valence-electron chi connectivity index (χ0n) is 13.5. The van der Waals surface area contributed by atoms with E-state index in [1.54, 1.807) is 0 Å². The van der Waals surface area contributed by atoms with Gasteiger partial charge in [-0.25, -0.2) is 0 Å². The van der Waals surface area contributed by atoms with Crippen molar-refractivity contribution in [3.63, 3.8) is 0 Å². The molecule has 1 nitrogen and oxygen atoms in total. The number of rotatable bonds is 2. The van der Waals surface area contributed by atoms with E-state index in [2.05, 4.69) is 48.5 Å². The van der Waals surface area contributed by atoms with Crippen LogP contribution < -0.4 is 0 Å². The van der Waals surface area contributed by atoms with E-state index in [1.807, 2.05) is 43.3 Å². The average molecular weight is 310 g/mol. The summed E-state index contributed by atoms with van der Waals surface area (Å²) >= 11 is 0. The van der Waals surface area contributed by atoms with Crippen LogP contribution >= 0.6 is 0 Å². The Kier molecular flexibility index (Phi) is 3.55. The number of phenols is 1. The first kappa shape index (κ1) is 14.5. The second-order valence-corrected chi connectivity index (χ2v) is 6.10. The van der Waals surface area contributed by atoms with Gasteiger partial charge < -0.3 is 5.11 Å². The third kappa shape index (κ3) is 2.44. The normalized spacial score (nSPS) is 10.9. The van der Waals surface area contributed by atoms with Crippen LogP contribution in [0.3, 0.4) is 0 Å². The van der Waals surface area contributed by atoms with Gasteiger partial charge in [0.1, 0.15) is 5.75 Å². The van der Waals surface area contributed by atoms with Crippen LogP contribution in [0.25, 0.3) is 33.0 Å². The lowest BCUT2D eigenvalue weighted by Crippen LogP contribution is -1.89. The van der Waals surface area contributed by atoms with Gasteiger partial charge in [-0.05, 0) is 46.7 Å². The number of aryl methyl sites for hydroxylation is 1. The minimum Gasteiger partial charge on any atom is -0.507 e. The van der Waals surface area contributed by atoms with Crippen LogP contribution in [-0.2, 0) is 0 Å². The highest BCUT2D eigenvalue weighted by Gasteiger charge is 2.15. The van der Waals surface area contributed by atoms with Crippen molar-refractivity contribution >= 4 is 10.8 Å². The van der Waals surface area contributed by atoms with Gasteiger partial charge in [-0.15, -0.1) is 0 Å². The molecule has 1 heteroatoms. The summed E-state index contributed by atoms with van der Waals surface area (Å²) < 4.78 is 0. The maximum Gasteiger partial charge on any atom is 0.124 e. The highest BCUT2D eigenvalue weighted by molar-refractivity contribution is 6.07. The van der Waals surface area contributed by atoms with E-state index < -0.39 is 0 Å². The fraction of sp³-hybridized carbons (Fsp3) is 0.0435. The average Bonchev–Trinajstić information content (AvgIpc) is 2.63. The number of benzene rings is 4. The lowest BCUT2D eigenvalue weighted by Gasteiger charge is -2.16. The fourth-order valence-electron chi connectivity index (χ4n) is 3.28. The molecule has 4 aromatic carbocycles. The Balaban J connectivity index is 2.14. The van der Waals surface area contributed by atoms with E-state index in [0.29, 0.717) is 5.75 Å². The van der Waals surface area contributed by atoms with Crippen molar-refractivity contribution in [2.75, 3.05) is 0 Å². The highest BCUT2D eigenvalue weighted by Crippen LogP contribution is 2.42. The standard InChI is InChI=1S/C23H18O/c1-16-12-13-19-21(14-16)22(24)15-20(17-8-4-2-5-9-17)23(19)18-10-6-3-7-11-18/h2-15,24H,1H3.